The first kappa shape index (κ1) is 66.4. The van der Waals surface area contributed by atoms with Gasteiger partial charge in [0.1, 0.15) is 22.9 Å². The molecule has 0 aliphatic carbocycles. The minimum Gasteiger partial charge on any atom is -0.391 e. The molecule has 4 atom stereocenters. The lowest BCUT2D eigenvalue weighted by molar-refractivity contribution is -0.144. The lowest BCUT2D eigenvalue weighted by atomic mass is 9.74. The molecular weight excluding hydrogens is 1130 g/mol. The highest BCUT2D eigenvalue weighted by molar-refractivity contribution is 7.99. The average molecular weight is 1220 g/mol. The largest absolute Gasteiger partial charge is 0.391 e. The number of benzene rings is 2. The number of anilines is 2. The minimum absolute atomic E-state index is 0.0137. The first-order chi connectivity index (χ1) is 39.4. The smallest absolute Gasteiger partial charge is 0.246 e. The molecule has 2 fully saturated rings. The number of nitrogens with one attached hydrogen (secondary N) is 3. The van der Waals surface area contributed by atoms with Crippen molar-refractivity contribution in [2.45, 2.75) is 127 Å². The van der Waals surface area contributed by atoms with E-state index in [0.29, 0.717) is 93.3 Å². The summed E-state index contributed by atoms with van der Waals surface area (Å²) in [6.45, 7) is 15.5. The topological polar surface area (TPSA) is 268 Å². The van der Waals surface area contributed by atoms with Crippen LogP contribution in [0.5, 0.6) is 0 Å². The number of aliphatic hydroxyl groups is 1. The van der Waals surface area contributed by atoms with Gasteiger partial charge in [-0.15, -0.1) is 11.3 Å². The molecule has 0 radical (unpaired) electrons. The molecule has 2 aromatic carbocycles. The number of aryl methyl sites for hydroxylation is 1. The van der Waals surface area contributed by atoms with Crippen LogP contribution in [0.25, 0.3) is 10.4 Å². The first-order valence-electron chi connectivity index (χ1n) is 28.3. The Kier molecular flexibility index (Phi) is 27.3. The Bertz CT molecular complexity index is 2640. The zero-order valence-electron chi connectivity index (χ0n) is 48.1. The molecule has 8 N–H and O–H groups in total. The van der Waals surface area contributed by atoms with Crippen LogP contribution < -0.4 is 32.3 Å². The number of piperidine rings is 1. The number of rotatable bonds is 34. The van der Waals surface area contributed by atoms with Crippen LogP contribution in [0.2, 0.25) is 10.0 Å². The highest BCUT2D eigenvalue weighted by atomic mass is 35.5. The van der Waals surface area contributed by atoms with E-state index in [4.69, 9.17) is 58.4 Å². The molecule has 82 heavy (non-hydrogen) atoms. The fourth-order valence-corrected chi connectivity index (χ4v) is 11.8. The van der Waals surface area contributed by atoms with E-state index in [1.54, 1.807) is 23.6 Å². The van der Waals surface area contributed by atoms with Gasteiger partial charge < -0.3 is 66.0 Å². The van der Waals surface area contributed by atoms with Crippen LogP contribution in [0, 0.1) is 17.8 Å². The fraction of sp³-hybridized carbons (Fsp3) is 0.603. The van der Waals surface area contributed by atoms with E-state index in [1.807, 2.05) is 76.5 Å². The van der Waals surface area contributed by atoms with Crippen LogP contribution in [0.1, 0.15) is 103 Å². The van der Waals surface area contributed by atoms with Gasteiger partial charge >= 0.3 is 0 Å². The molecule has 20 nitrogen and oxygen atoms in total. The molecule has 4 heterocycles. The van der Waals surface area contributed by atoms with Gasteiger partial charge in [-0.2, -0.15) is 0 Å². The van der Waals surface area contributed by atoms with E-state index in [1.165, 1.54) is 16.7 Å². The molecule has 0 saturated carbocycles. The van der Waals surface area contributed by atoms with Crippen molar-refractivity contribution in [2.75, 3.05) is 109 Å². The average Bonchev–Trinajstić information content (AvgIpc) is 4.26. The molecule has 6 rings (SSSR count). The van der Waals surface area contributed by atoms with Crippen molar-refractivity contribution in [2.24, 2.45) is 16.6 Å². The lowest BCUT2D eigenvalue weighted by Crippen LogP contribution is -2.58. The van der Waals surface area contributed by atoms with Gasteiger partial charge in [0.25, 0.3) is 0 Å². The highest BCUT2D eigenvalue weighted by Gasteiger charge is 2.45. The molecule has 0 spiro atoms. The number of thiazole rings is 1. The highest BCUT2D eigenvalue weighted by Crippen LogP contribution is 2.40. The molecular formula is C58H84Cl2N10O10S2. The number of carbonyl (C=O) groups excluding carboxylic acids is 4. The SMILES string of the molecule is Cc1ncsc1-c1ccc(C(C)NC(=O)C2CC(O)CN2C(=O)C(NC(=O)CCOCCOCCOCCOCCOCCNC(=O)CCCCCC2(CN)CCN(c3cnc(Sc4cccc(Cl)c4Cl)c(N)n3)CC2)C(C)(C)C)cc1. The Balaban J connectivity index is 0.717. The van der Waals surface area contributed by atoms with Gasteiger partial charge in [-0.1, -0.05) is 98.9 Å². The van der Waals surface area contributed by atoms with Crippen molar-refractivity contribution in [3.63, 3.8) is 0 Å². The Morgan fingerprint density at radius 2 is 1.50 bits per heavy atom. The summed E-state index contributed by atoms with van der Waals surface area (Å²) >= 11 is 15.4. The summed E-state index contributed by atoms with van der Waals surface area (Å²) in [6, 6.07) is 11.2. The molecule has 2 aliphatic rings. The summed E-state index contributed by atoms with van der Waals surface area (Å²) in [5, 5.41) is 20.9. The Labute approximate surface area is 501 Å². The van der Waals surface area contributed by atoms with Crippen LogP contribution in [0.4, 0.5) is 11.6 Å². The maximum absolute atomic E-state index is 14.0. The van der Waals surface area contributed by atoms with Crippen LogP contribution in [0.3, 0.4) is 0 Å². The number of nitrogens with zero attached hydrogens (tertiary/aromatic N) is 5. The molecule has 4 amide bonds. The van der Waals surface area contributed by atoms with Crippen LogP contribution in [0.15, 0.2) is 64.1 Å². The molecule has 4 aromatic rings. The summed E-state index contributed by atoms with van der Waals surface area (Å²) < 4.78 is 28.0. The minimum atomic E-state index is -0.939. The molecule has 24 heteroatoms. The second kappa shape index (κ2) is 33.7. The van der Waals surface area contributed by atoms with Crippen molar-refractivity contribution in [3.8, 4) is 10.4 Å². The Morgan fingerprint density at radius 1 is 0.854 bits per heavy atom. The Hall–Kier alpha value is -4.72. The van der Waals surface area contributed by atoms with Gasteiger partial charge in [0.15, 0.2) is 5.82 Å². The quantitative estimate of drug-likeness (QED) is 0.0249. The predicted octanol–water partition coefficient (Wildman–Crippen LogP) is 7.40. The maximum atomic E-state index is 14.0. The van der Waals surface area contributed by atoms with Crippen molar-refractivity contribution < 1.29 is 48.0 Å². The monoisotopic (exact) mass is 1210 g/mol. The third kappa shape index (κ3) is 20.8. The zero-order valence-corrected chi connectivity index (χ0v) is 51.2. The van der Waals surface area contributed by atoms with E-state index in [-0.39, 0.29) is 61.8 Å². The van der Waals surface area contributed by atoms with Crippen molar-refractivity contribution in [1.29, 1.82) is 0 Å². The fourth-order valence-electron chi connectivity index (χ4n) is 9.76. The number of aromatic nitrogens is 3. The number of β-amino-alcohol motifs (C(OH)–C–C–N with tert-alkyl or cyclic N) is 1. The number of aliphatic hydroxyl groups excluding tert-OH is 1. The summed E-state index contributed by atoms with van der Waals surface area (Å²) in [4.78, 5) is 72.2. The number of nitrogen functional groups attached to an aromatic ring is 1. The van der Waals surface area contributed by atoms with Gasteiger partial charge in [-0.3, -0.25) is 19.2 Å². The number of hydrogen-bond acceptors (Lipinski definition) is 18. The molecule has 452 valence electrons. The number of carbonyl (C=O) groups is 4. The third-order valence-corrected chi connectivity index (χ3v) is 17.6. The number of amides is 4. The van der Waals surface area contributed by atoms with Crippen LogP contribution in [-0.4, -0.2) is 166 Å². The zero-order chi connectivity index (χ0) is 59.1. The van der Waals surface area contributed by atoms with Crippen molar-refractivity contribution in [1.82, 2.24) is 35.8 Å². The van der Waals surface area contributed by atoms with Crippen LogP contribution >= 0.6 is 46.3 Å². The van der Waals surface area contributed by atoms with Crippen LogP contribution in [-0.2, 0) is 42.9 Å². The van der Waals surface area contributed by atoms with Crippen molar-refractivity contribution in [3.05, 3.63) is 75.5 Å². The number of halogens is 2. The standard InChI is InChI=1S/C58H84Cl2N10O10S2/c1-39(41-13-15-42(16-14-41)51-40(2)65-38-81-51)66-54(74)45-34-43(71)36-70(45)56(75)52(57(3,4)5)68-49(73)17-24-76-26-28-78-30-32-80-33-31-79-29-27-77-25-21-63-48(72)12-7-6-8-18-58(37-61)19-22-69(23-20-58)47-35-64-55(53(62)67-47)82-46-11-9-10-44(59)50(46)60/h9-11,13-16,35,38-39,43,45,52,71H,6-8,12,17-34,36-37,61H2,1-5H3,(H2,62,67)(H,63,72)(H,66,74)(H,68,73). The molecule has 2 aliphatic heterocycles. The molecule has 0 bridgehead atoms. The first-order valence-corrected chi connectivity index (χ1v) is 30.8. The summed E-state index contributed by atoms with van der Waals surface area (Å²) in [6.07, 6.45) is 7.17. The number of ether oxygens (including phenoxy) is 5. The number of likely N-dealkylation sites (tertiary alicyclic amines) is 1. The number of hydrogen-bond donors (Lipinski definition) is 6. The van der Waals surface area contributed by atoms with Crippen molar-refractivity contribution >= 4 is 81.6 Å². The van der Waals surface area contributed by atoms with Gasteiger partial charge in [-0.25, -0.2) is 15.0 Å². The summed E-state index contributed by atoms with van der Waals surface area (Å²) in [5.41, 5.74) is 16.7. The van der Waals surface area contributed by atoms with E-state index in [2.05, 4.69) is 35.8 Å². The number of unbranched alkanes of at least 4 members (excludes halogenated alkanes) is 2. The second-order valence-electron chi connectivity index (χ2n) is 21.9. The molecule has 2 aromatic heterocycles. The summed E-state index contributed by atoms with van der Waals surface area (Å²) in [7, 11) is 0. The summed E-state index contributed by atoms with van der Waals surface area (Å²) in [5.74, 6) is -0.0549. The normalized spacial score (nSPS) is 16.9. The maximum Gasteiger partial charge on any atom is 0.246 e. The van der Waals surface area contributed by atoms with E-state index < -0.39 is 29.5 Å². The third-order valence-electron chi connectivity index (χ3n) is 14.7. The predicted molar refractivity (Wildman–Crippen MR) is 321 cm³/mol. The molecule has 2 saturated heterocycles. The van der Waals surface area contributed by atoms with Gasteiger partial charge in [0.05, 0.1) is 111 Å². The lowest BCUT2D eigenvalue weighted by Gasteiger charge is -2.42. The van der Waals surface area contributed by atoms with E-state index >= 15 is 0 Å². The Morgan fingerprint density at radius 3 is 2.11 bits per heavy atom. The molecule has 4 unspecified atom stereocenters. The second-order valence-corrected chi connectivity index (χ2v) is 24.5. The number of nitrogens with two attached hydrogens (primary N) is 2. The van der Waals surface area contributed by atoms with Gasteiger partial charge in [-0.05, 0) is 80.2 Å². The van der Waals surface area contributed by atoms with E-state index in [0.717, 1.165) is 84.0 Å². The van der Waals surface area contributed by atoms with Gasteiger partial charge in [0, 0.05) is 50.3 Å². The van der Waals surface area contributed by atoms with E-state index in [9.17, 15) is 24.3 Å². The van der Waals surface area contributed by atoms with Gasteiger partial charge in [0.2, 0.25) is 23.6 Å².